The van der Waals surface area contributed by atoms with Gasteiger partial charge in [0.15, 0.2) is 5.78 Å². The quantitative estimate of drug-likeness (QED) is 0.428. The van der Waals surface area contributed by atoms with Gasteiger partial charge in [-0.2, -0.15) is 0 Å². The van der Waals surface area contributed by atoms with Crippen molar-refractivity contribution in [3.05, 3.63) is 62.2 Å². The van der Waals surface area contributed by atoms with Crippen LogP contribution >= 0.6 is 11.6 Å². The van der Waals surface area contributed by atoms with Crippen molar-refractivity contribution in [3.8, 4) is 17.2 Å². The van der Waals surface area contributed by atoms with Crippen molar-refractivity contribution in [1.82, 2.24) is 0 Å². The van der Waals surface area contributed by atoms with Gasteiger partial charge in [-0.25, -0.2) is 4.79 Å². The Kier molecular flexibility index (Phi) is 3.89. The number of carbonyl (C=O) groups excluding carboxylic acids is 3. The summed E-state index contributed by atoms with van der Waals surface area (Å²) in [5, 5.41) is 22.5. The van der Waals surface area contributed by atoms with Gasteiger partial charge >= 0.3 is 5.97 Å². The van der Waals surface area contributed by atoms with Crippen molar-refractivity contribution in [3.63, 3.8) is 0 Å². The Morgan fingerprint density at radius 1 is 1.00 bits per heavy atom. The van der Waals surface area contributed by atoms with Crippen LogP contribution in [-0.4, -0.2) is 34.9 Å². The van der Waals surface area contributed by atoms with E-state index in [1.165, 1.54) is 19.2 Å². The van der Waals surface area contributed by atoms with Crippen LogP contribution in [0.25, 0.3) is 10.8 Å². The molecule has 8 heteroatoms. The average molecular weight is 439 g/mol. The van der Waals surface area contributed by atoms with Crippen LogP contribution in [0.3, 0.4) is 0 Å². The van der Waals surface area contributed by atoms with Gasteiger partial charge in [0, 0.05) is 22.1 Å². The topological polar surface area (TPSA) is 110 Å². The van der Waals surface area contributed by atoms with Crippen molar-refractivity contribution >= 4 is 39.9 Å². The highest BCUT2D eigenvalue weighted by Crippen LogP contribution is 2.48. The maximum absolute atomic E-state index is 13.6. The number of cyclic esters (lactones) is 1. The fourth-order valence-electron chi connectivity index (χ4n) is 4.50. The predicted octanol–water partition coefficient (Wildman–Crippen LogP) is 4.23. The Hall–Kier alpha value is -3.58. The van der Waals surface area contributed by atoms with E-state index in [1.807, 2.05) is 0 Å². The second kappa shape index (κ2) is 6.21. The number of hydrogen-bond donors (Lipinski definition) is 2. The summed E-state index contributed by atoms with van der Waals surface area (Å²) in [7, 11) is 1.39. The van der Waals surface area contributed by atoms with E-state index >= 15 is 0 Å². The van der Waals surface area contributed by atoms with Crippen LogP contribution in [0.5, 0.6) is 17.2 Å². The highest BCUT2D eigenvalue weighted by Gasteiger charge is 2.42. The molecule has 31 heavy (non-hydrogen) atoms. The summed E-state index contributed by atoms with van der Waals surface area (Å²) in [5.41, 5.74) is 0.0659. The van der Waals surface area contributed by atoms with E-state index in [2.05, 4.69) is 0 Å². The van der Waals surface area contributed by atoms with Crippen LogP contribution < -0.4 is 4.74 Å². The monoisotopic (exact) mass is 438 g/mol. The lowest BCUT2D eigenvalue weighted by Gasteiger charge is -2.23. The summed E-state index contributed by atoms with van der Waals surface area (Å²) < 4.78 is 10.6. The highest BCUT2D eigenvalue weighted by atomic mass is 35.5. The minimum Gasteiger partial charge on any atom is -0.507 e. The van der Waals surface area contributed by atoms with Crippen molar-refractivity contribution < 1.29 is 34.1 Å². The summed E-state index contributed by atoms with van der Waals surface area (Å²) >= 11 is 6.39. The molecular weight excluding hydrogens is 424 g/mol. The zero-order chi connectivity index (χ0) is 22.4. The number of benzene rings is 3. The van der Waals surface area contributed by atoms with Crippen LogP contribution in [0.1, 0.15) is 66.4 Å². The Bertz CT molecular complexity index is 1400. The maximum atomic E-state index is 13.6. The molecule has 0 aromatic heterocycles. The van der Waals surface area contributed by atoms with Gasteiger partial charge in [-0.05, 0) is 43.0 Å². The SMILES string of the molecule is COc1c(Cl)c(C)cc2cc(O)c3c(c12)C(=O)c1cc2c(c(O)c1C3=O)C(C)OC2=O. The molecule has 0 bridgehead atoms. The van der Waals surface area contributed by atoms with E-state index in [9.17, 15) is 24.6 Å². The van der Waals surface area contributed by atoms with Gasteiger partial charge in [-0.15, -0.1) is 0 Å². The van der Waals surface area contributed by atoms with Gasteiger partial charge in [-0.3, -0.25) is 9.59 Å². The van der Waals surface area contributed by atoms with Gasteiger partial charge in [0.25, 0.3) is 0 Å². The first-order chi connectivity index (χ1) is 14.7. The van der Waals surface area contributed by atoms with E-state index < -0.39 is 35.1 Å². The molecule has 3 aromatic carbocycles. The fraction of sp³-hybridized carbons (Fsp3) is 0.174. The zero-order valence-corrected chi connectivity index (χ0v) is 17.4. The first kappa shape index (κ1) is 19.4. The second-order valence-electron chi connectivity index (χ2n) is 7.60. The largest absolute Gasteiger partial charge is 0.507 e. The summed E-state index contributed by atoms with van der Waals surface area (Å²) in [4.78, 5) is 39.2. The van der Waals surface area contributed by atoms with Crippen molar-refractivity contribution in [2.75, 3.05) is 7.11 Å². The first-order valence-corrected chi connectivity index (χ1v) is 9.78. The molecule has 0 radical (unpaired) electrons. The van der Waals surface area contributed by atoms with Gasteiger partial charge in [0.2, 0.25) is 5.78 Å². The number of rotatable bonds is 1. The molecule has 7 nitrogen and oxygen atoms in total. The number of halogens is 1. The number of aromatic hydroxyl groups is 2. The lowest BCUT2D eigenvalue weighted by atomic mass is 9.78. The number of aryl methyl sites for hydroxylation is 1. The van der Waals surface area contributed by atoms with Gasteiger partial charge < -0.3 is 19.7 Å². The third kappa shape index (κ3) is 2.32. The number of phenolic OH excluding ortho intramolecular Hbond substituents is 2. The van der Waals surface area contributed by atoms with E-state index in [4.69, 9.17) is 21.1 Å². The molecule has 1 aliphatic heterocycles. The average Bonchev–Trinajstić information content (AvgIpc) is 3.00. The smallest absolute Gasteiger partial charge is 0.339 e. The molecule has 156 valence electrons. The second-order valence-corrected chi connectivity index (χ2v) is 7.98. The van der Waals surface area contributed by atoms with E-state index in [1.54, 1.807) is 19.9 Å². The summed E-state index contributed by atoms with van der Waals surface area (Å²) in [6.45, 7) is 3.30. The number of phenols is 2. The number of fused-ring (bicyclic) bond motifs is 5. The van der Waals surface area contributed by atoms with Gasteiger partial charge in [-0.1, -0.05) is 11.6 Å². The molecule has 0 fully saturated rings. The number of ether oxygens (including phenoxy) is 2. The summed E-state index contributed by atoms with van der Waals surface area (Å²) in [5.74, 6) is -2.79. The molecule has 1 atom stereocenters. The number of esters is 1. The molecule has 3 aromatic rings. The van der Waals surface area contributed by atoms with Crippen LogP contribution in [0.15, 0.2) is 18.2 Å². The predicted molar refractivity (Wildman–Crippen MR) is 111 cm³/mol. The highest BCUT2D eigenvalue weighted by molar-refractivity contribution is 6.38. The standard InChI is InChI=1S/C23H15ClO7/c1-7-4-9-5-12(25)16-17(14(9)22(30-3)18(7)24)19(26)10-6-11-13(8(2)31-23(11)29)20(27)15(10)21(16)28/h4-6,8,25,27H,1-3H3. The van der Waals surface area contributed by atoms with Crippen molar-refractivity contribution in [2.24, 2.45) is 0 Å². The summed E-state index contributed by atoms with van der Waals surface area (Å²) in [6, 6.07) is 4.29. The van der Waals surface area contributed by atoms with Crippen molar-refractivity contribution in [2.45, 2.75) is 20.0 Å². The molecule has 0 amide bonds. The molecular formula is C23H15ClO7. The number of methoxy groups -OCH3 is 1. The van der Waals surface area contributed by atoms with E-state index in [0.717, 1.165) is 0 Å². The van der Waals surface area contributed by atoms with Crippen LogP contribution in [0, 0.1) is 6.92 Å². The fourth-order valence-corrected chi connectivity index (χ4v) is 4.72. The molecule has 0 saturated carbocycles. The third-order valence-corrected chi connectivity index (χ3v) is 6.33. The molecule has 5 rings (SSSR count). The van der Waals surface area contributed by atoms with Crippen LogP contribution in [0.4, 0.5) is 0 Å². The molecule has 0 saturated heterocycles. The van der Waals surface area contributed by atoms with E-state index in [-0.39, 0.29) is 49.5 Å². The lowest BCUT2D eigenvalue weighted by Crippen LogP contribution is -2.23. The Labute approximate surface area is 180 Å². The van der Waals surface area contributed by atoms with Crippen LogP contribution in [-0.2, 0) is 4.74 Å². The minimum absolute atomic E-state index is 0.0265. The normalized spacial score (nSPS) is 16.8. The Balaban J connectivity index is 1.93. The molecule has 2 N–H and O–H groups in total. The maximum Gasteiger partial charge on any atom is 0.339 e. The van der Waals surface area contributed by atoms with E-state index in [0.29, 0.717) is 10.9 Å². The third-order valence-electron chi connectivity index (χ3n) is 5.86. The van der Waals surface area contributed by atoms with Crippen LogP contribution in [0.2, 0.25) is 5.02 Å². The molecule has 2 aliphatic rings. The lowest BCUT2D eigenvalue weighted by molar-refractivity contribution is 0.0420. The molecule has 1 unspecified atom stereocenters. The van der Waals surface area contributed by atoms with Gasteiger partial charge in [0.05, 0.1) is 28.8 Å². The minimum atomic E-state index is -0.774. The Morgan fingerprint density at radius 2 is 1.71 bits per heavy atom. The number of hydrogen-bond acceptors (Lipinski definition) is 7. The molecule has 1 aliphatic carbocycles. The Morgan fingerprint density at radius 3 is 2.39 bits per heavy atom. The molecule has 1 heterocycles. The number of carbonyl (C=O) groups is 3. The summed E-state index contributed by atoms with van der Waals surface area (Å²) in [6.07, 6.45) is -0.774. The zero-order valence-electron chi connectivity index (χ0n) is 16.6. The number of ketones is 2. The van der Waals surface area contributed by atoms with Crippen molar-refractivity contribution in [1.29, 1.82) is 0 Å². The molecule has 0 spiro atoms. The first-order valence-electron chi connectivity index (χ1n) is 9.40. The van der Waals surface area contributed by atoms with Gasteiger partial charge in [0.1, 0.15) is 23.4 Å².